The Morgan fingerprint density at radius 1 is 1.21 bits per heavy atom. The summed E-state index contributed by atoms with van der Waals surface area (Å²) in [6.07, 6.45) is 6.57. The van der Waals surface area contributed by atoms with Gasteiger partial charge in [0.05, 0.1) is 11.3 Å². The normalized spacial score (nSPS) is 14.4. The predicted molar refractivity (Wildman–Crippen MR) is 114 cm³/mol. The van der Waals surface area contributed by atoms with Gasteiger partial charge >= 0.3 is 0 Å². The van der Waals surface area contributed by atoms with E-state index in [1.807, 2.05) is 43.6 Å². The van der Waals surface area contributed by atoms with Crippen LogP contribution in [0.3, 0.4) is 0 Å². The first kappa shape index (κ1) is 19.7. The maximum Gasteiger partial charge on any atom is 0.230 e. The van der Waals surface area contributed by atoms with Crippen LogP contribution in [0.1, 0.15) is 32.6 Å². The molecule has 2 heterocycles. The molecule has 1 amide bonds. The Bertz CT molecular complexity index is 974. The van der Waals surface area contributed by atoms with Gasteiger partial charge in [-0.3, -0.25) is 9.48 Å². The Hall–Kier alpha value is -2.61. The Morgan fingerprint density at radius 3 is 2.69 bits per heavy atom. The molecule has 1 aromatic carbocycles. The van der Waals surface area contributed by atoms with E-state index in [9.17, 15) is 4.79 Å². The third-order valence-electron chi connectivity index (χ3n) is 5.20. The summed E-state index contributed by atoms with van der Waals surface area (Å²) in [5, 5.41) is 17.3. The van der Waals surface area contributed by atoms with E-state index in [0.29, 0.717) is 11.8 Å². The number of hydrogen-bond donors (Lipinski definition) is 1. The number of thioether (sulfide) groups is 1. The number of amides is 1. The fraction of sp³-hybridized carbons (Fsp3) is 0.429. The molecular formula is C21H26N6OS. The monoisotopic (exact) mass is 410 g/mol. The molecule has 0 aliphatic heterocycles. The van der Waals surface area contributed by atoms with Crippen molar-refractivity contribution in [2.75, 3.05) is 5.75 Å². The number of aryl methyl sites for hydroxylation is 1. The molecule has 2 aromatic heterocycles. The average Bonchev–Trinajstić information content (AvgIpc) is 3.46. The van der Waals surface area contributed by atoms with Crippen molar-refractivity contribution in [2.24, 2.45) is 7.05 Å². The zero-order chi connectivity index (χ0) is 20.2. The van der Waals surface area contributed by atoms with Crippen LogP contribution in [-0.4, -0.2) is 42.2 Å². The second-order valence-electron chi connectivity index (χ2n) is 7.32. The Morgan fingerprint density at radius 2 is 1.97 bits per heavy atom. The SMILES string of the molecule is CCn1c(SCC(=O)NC2CCCC2)nnc1-c1cn(C)nc1-c1ccccc1. The van der Waals surface area contributed by atoms with Crippen molar-refractivity contribution >= 4 is 17.7 Å². The molecule has 0 atom stereocenters. The van der Waals surface area contributed by atoms with Gasteiger partial charge in [0.2, 0.25) is 5.91 Å². The molecule has 152 valence electrons. The molecule has 4 rings (SSSR count). The van der Waals surface area contributed by atoms with Crippen LogP contribution in [-0.2, 0) is 18.4 Å². The van der Waals surface area contributed by atoms with Gasteiger partial charge < -0.3 is 9.88 Å². The van der Waals surface area contributed by atoms with Crippen molar-refractivity contribution in [1.29, 1.82) is 0 Å². The van der Waals surface area contributed by atoms with E-state index in [0.717, 1.165) is 47.2 Å². The molecule has 7 nitrogen and oxygen atoms in total. The van der Waals surface area contributed by atoms with Crippen LogP contribution in [0.4, 0.5) is 0 Å². The standard InChI is InChI=1S/C21H26N6OS/c1-3-27-20(17-13-26(2)25-19(17)15-9-5-4-6-10-15)23-24-21(27)29-14-18(28)22-16-11-7-8-12-16/h4-6,9-10,13,16H,3,7-8,11-12,14H2,1-2H3,(H,22,28). The van der Waals surface area contributed by atoms with Crippen molar-refractivity contribution < 1.29 is 4.79 Å². The maximum absolute atomic E-state index is 12.3. The highest BCUT2D eigenvalue weighted by Gasteiger charge is 2.21. The molecule has 3 aromatic rings. The smallest absolute Gasteiger partial charge is 0.230 e. The molecule has 0 unspecified atom stereocenters. The molecule has 29 heavy (non-hydrogen) atoms. The lowest BCUT2D eigenvalue weighted by Crippen LogP contribution is -2.33. The van der Waals surface area contributed by atoms with E-state index in [4.69, 9.17) is 0 Å². The first-order valence-electron chi connectivity index (χ1n) is 10.1. The summed E-state index contributed by atoms with van der Waals surface area (Å²) in [7, 11) is 1.91. The zero-order valence-electron chi connectivity index (χ0n) is 16.8. The van der Waals surface area contributed by atoms with Gasteiger partial charge in [-0.05, 0) is 19.8 Å². The first-order chi connectivity index (χ1) is 14.2. The summed E-state index contributed by atoms with van der Waals surface area (Å²) in [4.78, 5) is 12.3. The van der Waals surface area contributed by atoms with Crippen LogP contribution in [0.15, 0.2) is 41.7 Å². The van der Waals surface area contributed by atoms with Gasteiger partial charge in [-0.1, -0.05) is 54.9 Å². The Labute approximate surface area is 174 Å². The van der Waals surface area contributed by atoms with Crippen molar-refractivity contribution in [3.63, 3.8) is 0 Å². The van der Waals surface area contributed by atoms with E-state index in [1.54, 1.807) is 4.68 Å². The minimum atomic E-state index is 0.0699. The van der Waals surface area contributed by atoms with E-state index >= 15 is 0 Å². The second-order valence-corrected chi connectivity index (χ2v) is 8.26. The van der Waals surface area contributed by atoms with Gasteiger partial charge in [-0.25, -0.2) is 0 Å². The van der Waals surface area contributed by atoms with Crippen LogP contribution in [0.2, 0.25) is 0 Å². The number of nitrogens with zero attached hydrogens (tertiary/aromatic N) is 5. The summed E-state index contributed by atoms with van der Waals surface area (Å²) >= 11 is 1.44. The molecule has 0 spiro atoms. The lowest BCUT2D eigenvalue weighted by atomic mass is 10.1. The molecule has 1 fully saturated rings. The van der Waals surface area contributed by atoms with Gasteiger partial charge in [0.25, 0.3) is 0 Å². The predicted octanol–water partition coefficient (Wildman–Crippen LogP) is 3.52. The molecule has 0 bridgehead atoms. The third kappa shape index (κ3) is 4.37. The molecule has 1 aliphatic rings. The number of rotatable bonds is 7. The summed E-state index contributed by atoms with van der Waals surface area (Å²) in [5.74, 6) is 1.20. The summed E-state index contributed by atoms with van der Waals surface area (Å²) in [5.41, 5.74) is 2.86. The third-order valence-corrected chi connectivity index (χ3v) is 6.17. The van der Waals surface area contributed by atoms with Crippen molar-refractivity contribution in [1.82, 2.24) is 29.9 Å². The topological polar surface area (TPSA) is 77.6 Å². The van der Waals surface area contributed by atoms with Gasteiger partial charge in [0.1, 0.15) is 5.69 Å². The molecule has 0 radical (unpaired) electrons. The zero-order valence-corrected chi connectivity index (χ0v) is 17.7. The Kier molecular flexibility index (Phi) is 5.99. The molecule has 1 N–H and O–H groups in total. The molecular weight excluding hydrogens is 384 g/mol. The van der Waals surface area contributed by atoms with E-state index in [2.05, 4.69) is 32.1 Å². The minimum absolute atomic E-state index is 0.0699. The summed E-state index contributed by atoms with van der Waals surface area (Å²) < 4.78 is 3.85. The average molecular weight is 411 g/mol. The number of benzene rings is 1. The Balaban J connectivity index is 1.54. The van der Waals surface area contributed by atoms with Gasteiger partial charge in [-0.2, -0.15) is 5.10 Å². The summed E-state index contributed by atoms with van der Waals surface area (Å²) in [6.45, 7) is 2.78. The van der Waals surface area contributed by atoms with E-state index < -0.39 is 0 Å². The highest BCUT2D eigenvalue weighted by Crippen LogP contribution is 2.31. The number of nitrogens with one attached hydrogen (secondary N) is 1. The van der Waals surface area contributed by atoms with Crippen molar-refractivity contribution in [3.05, 3.63) is 36.5 Å². The highest BCUT2D eigenvalue weighted by molar-refractivity contribution is 7.99. The van der Waals surface area contributed by atoms with Crippen LogP contribution in [0, 0.1) is 0 Å². The number of carbonyl (C=O) groups is 1. The summed E-state index contributed by atoms with van der Waals surface area (Å²) in [6, 6.07) is 10.4. The lowest BCUT2D eigenvalue weighted by molar-refractivity contribution is -0.119. The van der Waals surface area contributed by atoms with Gasteiger partial charge in [0, 0.05) is 31.4 Å². The maximum atomic E-state index is 12.3. The van der Waals surface area contributed by atoms with Gasteiger partial charge in [-0.15, -0.1) is 10.2 Å². The minimum Gasteiger partial charge on any atom is -0.353 e. The molecule has 1 aliphatic carbocycles. The molecule has 8 heteroatoms. The largest absolute Gasteiger partial charge is 0.353 e. The quantitative estimate of drug-likeness (QED) is 0.603. The van der Waals surface area contributed by atoms with Crippen LogP contribution < -0.4 is 5.32 Å². The molecule has 1 saturated carbocycles. The van der Waals surface area contributed by atoms with Crippen LogP contribution in [0.5, 0.6) is 0 Å². The van der Waals surface area contributed by atoms with Gasteiger partial charge in [0.15, 0.2) is 11.0 Å². The van der Waals surface area contributed by atoms with Crippen LogP contribution in [0.25, 0.3) is 22.6 Å². The van der Waals surface area contributed by atoms with E-state index in [-0.39, 0.29) is 5.91 Å². The molecule has 0 saturated heterocycles. The van der Waals surface area contributed by atoms with Crippen LogP contribution >= 0.6 is 11.8 Å². The first-order valence-corrected chi connectivity index (χ1v) is 11.1. The number of hydrogen-bond acceptors (Lipinski definition) is 5. The fourth-order valence-electron chi connectivity index (χ4n) is 3.81. The second kappa shape index (κ2) is 8.82. The van der Waals surface area contributed by atoms with Crippen molar-refractivity contribution in [3.8, 4) is 22.6 Å². The highest BCUT2D eigenvalue weighted by atomic mass is 32.2. The van der Waals surface area contributed by atoms with E-state index in [1.165, 1.54) is 24.6 Å². The number of aromatic nitrogens is 5. The van der Waals surface area contributed by atoms with Crippen molar-refractivity contribution in [2.45, 2.75) is 50.4 Å². The lowest BCUT2D eigenvalue weighted by Gasteiger charge is -2.11. The number of carbonyl (C=O) groups excluding carboxylic acids is 1. The fourth-order valence-corrected chi connectivity index (χ4v) is 4.62.